The van der Waals surface area contributed by atoms with E-state index in [9.17, 15) is 8.42 Å². The van der Waals surface area contributed by atoms with E-state index in [0.717, 1.165) is 19.5 Å². The average molecular weight is 283 g/mol. The molecule has 1 aromatic carbocycles. The molecule has 1 fully saturated rings. The quantitative estimate of drug-likeness (QED) is 0.802. The van der Waals surface area contributed by atoms with Gasteiger partial charge in [-0.2, -0.15) is 0 Å². The highest BCUT2D eigenvalue weighted by molar-refractivity contribution is 7.89. The number of likely N-dealkylation sites (tertiary alicyclic amines) is 1. The summed E-state index contributed by atoms with van der Waals surface area (Å²) in [4.78, 5) is 2.49. The number of nitrogens with one attached hydrogen (secondary N) is 1. The van der Waals surface area contributed by atoms with Gasteiger partial charge in [0.1, 0.15) is 0 Å². The Labute approximate surface area is 114 Å². The Morgan fingerprint density at radius 1 is 1.47 bits per heavy atom. The van der Waals surface area contributed by atoms with Crippen molar-refractivity contribution in [1.82, 2.24) is 9.62 Å². The summed E-state index contributed by atoms with van der Waals surface area (Å²) in [6.07, 6.45) is 1.04. The SMILES string of the molecule is Cc1c(N)cccc1S(=O)(=O)NCC1CCN(C)C1. The summed E-state index contributed by atoms with van der Waals surface area (Å²) in [7, 11) is -1.41. The van der Waals surface area contributed by atoms with Crippen molar-refractivity contribution < 1.29 is 8.42 Å². The zero-order valence-corrected chi connectivity index (χ0v) is 12.2. The van der Waals surface area contributed by atoms with Crippen LogP contribution in [-0.4, -0.2) is 40.0 Å². The number of anilines is 1. The minimum absolute atomic E-state index is 0.277. The molecule has 1 saturated heterocycles. The molecule has 1 aromatic rings. The maximum atomic E-state index is 12.3. The molecular formula is C13H21N3O2S. The summed E-state index contributed by atoms with van der Waals surface area (Å²) in [5, 5.41) is 0. The lowest BCUT2D eigenvalue weighted by molar-refractivity contribution is 0.394. The second kappa shape index (κ2) is 5.48. The first-order valence-corrected chi connectivity index (χ1v) is 7.92. The maximum absolute atomic E-state index is 12.3. The highest BCUT2D eigenvalue weighted by Gasteiger charge is 2.23. The first kappa shape index (κ1) is 14.3. The van der Waals surface area contributed by atoms with Gasteiger partial charge in [-0.3, -0.25) is 0 Å². The zero-order chi connectivity index (χ0) is 14.0. The van der Waals surface area contributed by atoms with Gasteiger partial charge in [0.2, 0.25) is 10.0 Å². The van der Waals surface area contributed by atoms with Gasteiger partial charge in [-0.15, -0.1) is 0 Å². The summed E-state index contributed by atoms with van der Waals surface area (Å²) in [6.45, 7) is 4.19. The Morgan fingerprint density at radius 3 is 2.84 bits per heavy atom. The topological polar surface area (TPSA) is 75.4 Å². The van der Waals surface area contributed by atoms with Crippen LogP contribution in [0.15, 0.2) is 23.1 Å². The molecule has 6 heteroatoms. The summed E-state index contributed by atoms with van der Waals surface area (Å²) >= 11 is 0. The normalized spacial score (nSPS) is 20.8. The van der Waals surface area contributed by atoms with Gasteiger partial charge in [-0.1, -0.05) is 6.07 Å². The number of rotatable bonds is 4. The molecule has 1 unspecified atom stereocenters. The van der Waals surface area contributed by atoms with Crippen molar-refractivity contribution in [1.29, 1.82) is 0 Å². The first-order chi connectivity index (χ1) is 8.90. The minimum Gasteiger partial charge on any atom is -0.398 e. The van der Waals surface area contributed by atoms with Crippen molar-refractivity contribution in [3.8, 4) is 0 Å². The number of sulfonamides is 1. The Morgan fingerprint density at radius 2 is 2.21 bits per heavy atom. The predicted octanol–water partition coefficient (Wildman–Crippen LogP) is 0.807. The van der Waals surface area contributed by atoms with Gasteiger partial charge in [-0.25, -0.2) is 13.1 Å². The minimum atomic E-state index is -3.47. The second-order valence-corrected chi connectivity index (χ2v) is 6.97. The average Bonchev–Trinajstić information content (AvgIpc) is 2.76. The lowest BCUT2D eigenvalue weighted by Crippen LogP contribution is -2.31. The van der Waals surface area contributed by atoms with Gasteiger partial charge in [0.05, 0.1) is 4.90 Å². The van der Waals surface area contributed by atoms with Crippen LogP contribution in [0.2, 0.25) is 0 Å². The lowest BCUT2D eigenvalue weighted by Gasteiger charge is -2.14. The van der Waals surface area contributed by atoms with Crippen LogP contribution in [0.25, 0.3) is 0 Å². The van der Waals surface area contributed by atoms with Gasteiger partial charge in [0.15, 0.2) is 0 Å². The third-order valence-corrected chi connectivity index (χ3v) is 5.23. The van der Waals surface area contributed by atoms with Gasteiger partial charge in [0.25, 0.3) is 0 Å². The molecule has 0 saturated carbocycles. The van der Waals surface area contributed by atoms with Gasteiger partial charge in [-0.05, 0) is 50.6 Å². The fraction of sp³-hybridized carbons (Fsp3) is 0.538. The molecule has 1 heterocycles. The zero-order valence-electron chi connectivity index (χ0n) is 11.4. The van der Waals surface area contributed by atoms with E-state index < -0.39 is 10.0 Å². The lowest BCUT2D eigenvalue weighted by atomic mass is 10.1. The van der Waals surface area contributed by atoms with Crippen molar-refractivity contribution >= 4 is 15.7 Å². The molecule has 2 rings (SSSR count). The highest BCUT2D eigenvalue weighted by atomic mass is 32.2. The number of hydrogen-bond donors (Lipinski definition) is 2. The smallest absolute Gasteiger partial charge is 0.240 e. The molecule has 0 aliphatic carbocycles. The van der Waals surface area contributed by atoms with E-state index in [4.69, 9.17) is 5.73 Å². The van der Waals surface area contributed by atoms with Crippen molar-refractivity contribution in [3.05, 3.63) is 23.8 Å². The first-order valence-electron chi connectivity index (χ1n) is 6.43. The van der Waals surface area contributed by atoms with Crippen LogP contribution in [-0.2, 0) is 10.0 Å². The van der Waals surface area contributed by atoms with E-state index in [1.807, 2.05) is 0 Å². The molecular weight excluding hydrogens is 262 g/mol. The largest absolute Gasteiger partial charge is 0.398 e. The molecule has 0 radical (unpaired) electrons. The van der Waals surface area contributed by atoms with E-state index in [2.05, 4.69) is 16.7 Å². The maximum Gasteiger partial charge on any atom is 0.240 e. The molecule has 106 valence electrons. The molecule has 5 nitrogen and oxygen atoms in total. The summed E-state index contributed by atoms with van der Waals surface area (Å²) in [5.74, 6) is 0.390. The highest BCUT2D eigenvalue weighted by Crippen LogP contribution is 2.21. The Balaban J connectivity index is 2.08. The monoisotopic (exact) mass is 283 g/mol. The number of nitrogens with two attached hydrogens (primary N) is 1. The number of benzene rings is 1. The van der Waals surface area contributed by atoms with E-state index in [1.54, 1.807) is 25.1 Å². The van der Waals surface area contributed by atoms with Crippen molar-refractivity contribution in [2.45, 2.75) is 18.2 Å². The second-order valence-electron chi connectivity index (χ2n) is 5.24. The molecule has 0 aromatic heterocycles. The molecule has 0 spiro atoms. The van der Waals surface area contributed by atoms with Crippen LogP contribution < -0.4 is 10.5 Å². The van der Waals surface area contributed by atoms with Crippen LogP contribution in [0, 0.1) is 12.8 Å². The number of nitrogens with zero attached hydrogens (tertiary/aromatic N) is 1. The molecule has 19 heavy (non-hydrogen) atoms. The van der Waals surface area contributed by atoms with Gasteiger partial charge < -0.3 is 10.6 Å². The van der Waals surface area contributed by atoms with E-state index in [1.165, 1.54) is 0 Å². The third kappa shape index (κ3) is 3.26. The van der Waals surface area contributed by atoms with E-state index >= 15 is 0 Å². The van der Waals surface area contributed by atoms with Crippen LogP contribution in [0.1, 0.15) is 12.0 Å². The molecule has 0 bridgehead atoms. The van der Waals surface area contributed by atoms with Crippen LogP contribution in [0.3, 0.4) is 0 Å². The van der Waals surface area contributed by atoms with Crippen LogP contribution in [0.5, 0.6) is 0 Å². The standard InChI is InChI=1S/C13H21N3O2S/c1-10-12(14)4-3-5-13(10)19(17,18)15-8-11-6-7-16(2)9-11/h3-5,11,15H,6-9,14H2,1-2H3. The molecule has 3 N–H and O–H groups in total. The van der Waals surface area contributed by atoms with Gasteiger partial charge >= 0.3 is 0 Å². The molecule has 1 atom stereocenters. The Kier molecular flexibility index (Phi) is 4.13. The van der Waals surface area contributed by atoms with E-state index in [-0.39, 0.29) is 4.90 Å². The fourth-order valence-electron chi connectivity index (χ4n) is 2.42. The Bertz CT molecular complexity index is 557. The van der Waals surface area contributed by atoms with Crippen molar-refractivity contribution in [3.63, 3.8) is 0 Å². The summed E-state index contributed by atoms with van der Waals surface area (Å²) in [6, 6.07) is 4.97. The Hall–Kier alpha value is -1.11. The van der Waals surface area contributed by atoms with E-state index in [0.29, 0.717) is 23.7 Å². The van der Waals surface area contributed by atoms with Gasteiger partial charge in [0, 0.05) is 18.8 Å². The number of hydrogen-bond acceptors (Lipinski definition) is 4. The molecule has 0 amide bonds. The fourth-order valence-corrected chi connectivity index (χ4v) is 3.81. The predicted molar refractivity (Wildman–Crippen MR) is 76.4 cm³/mol. The molecule has 1 aliphatic rings. The van der Waals surface area contributed by atoms with Crippen molar-refractivity contribution in [2.75, 3.05) is 32.4 Å². The number of nitrogen functional groups attached to an aromatic ring is 1. The van der Waals surface area contributed by atoms with Crippen LogP contribution in [0.4, 0.5) is 5.69 Å². The molecule has 1 aliphatic heterocycles. The summed E-state index contributed by atoms with van der Waals surface area (Å²) in [5.41, 5.74) is 6.87. The third-order valence-electron chi connectivity index (χ3n) is 3.67. The van der Waals surface area contributed by atoms with Crippen molar-refractivity contribution in [2.24, 2.45) is 5.92 Å². The van der Waals surface area contributed by atoms with Crippen LogP contribution >= 0.6 is 0 Å². The summed E-state index contributed by atoms with van der Waals surface area (Å²) < 4.78 is 27.2.